The zero-order valence-corrected chi connectivity index (χ0v) is 23.9. The molecule has 5 aromatic rings. The van der Waals surface area contributed by atoms with Crippen LogP contribution in [0.5, 0.6) is 0 Å². The van der Waals surface area contributed by atoms with E-state index in [2.05, 4.69) is 70.2 Å². The summed E-state index contributed by atoms with van der Waals surface area (Å²) in [7, 11) is -3.84. The van der Waals surface area contributed by atoms with Gasteiger partial charge in [0, 0.05) is 16.9 Å². The van der Waals surface area contributed by atoms with Crippen molar-refractivity contribution in [3.05, 3.63) is 137 Å². The van der Waals surface area contributed by atoms with Gasteiger partial charge in [-0.1, -0.05) is 118 Å². The molecule has 0 spiro atoms. The van der Waals surface area contributed by atoms with Gasteiger partial charge >= 0.3 is 0 Å². The summed E-state index contributed by atoms with van der Waals surface area (Å²) < 4.78 is 30.2. The monoisotopic (exact) mass is 531 g/mol. The first-order chi connectivity index (χ1) is 18.6. The lowest BCUT2D eigenvalue weighted by Gasteiger charge is -2.20. The number of allylic oxidation sites excluding steroid dienone is 1. The van der Waals surface area contributed by atoms with E-state index >= 15 is 0 Å². The number of hydrogen-bond donors (Lipinski definition) is 0. The number of hydrogen-bond acceptors (Lipinski definition) is 2. The van der Waals surface area contributed by atoms with Crippen LogP contribution in [0, 0.1) is 6.92 Å². The molecule has 1 atom stereocenters. The first kappa shape index (κ1) is 25.4. The van der Waals surface area contributed by atoms with E-state index in [0.29, 0.717) is 10.4 Å². The Balaban J connectivity index is 1.68. The van der Waals surface area contributed by atoms with Crippen molar-refractivity contribution >= 4 is 32.1 Å². The molecule has 6 rings (SSSR count). The largest absolute Gasteiger partial charge is 0.268 e. The van der Waals surface area contributed by atoms with Crippen LogP contribution in [-0.4, -0.2) is 12.4 Å². The maximum Gasteiger partial charge on any atom is 0.268 e. The van der Waals surface area contributed by atoms with E-state index in [4.69, 9.17) is 0 Å². The second-order valence-electron chi connectivity index (χ2n) is 11.6. The Hall–Kier alpha value is -3.89. The molecule has 1 aliphatic carbocycles. The maximum absolute atomic E-state index is 14.3. The molecular weight excluding hydrogens is 498 g/mol. The van der Waals surface area contributed by atoms with Crippen molar-refractivity contribution in [2.45, 2.75) is 50.8 Å². The number of nitrogens with zero attached hydrogens (tertiary/aromatic N) is 1. The molecule has 0 saturated carbocycles. The minimum absolute atomic E-state index is 0.0431. The number of aromatic nitrogens is 1. The average Bonchev–Trinajstić information content (AvgIpc) is 3.42. The first-order valence-electron chi connectivity index (χ1n) is 13.5. The average molecular weight is 532 g/mol. The van der Waals surface area contributed by atoms with Gasteiger partial charge in [0.25, 0.3) is 10.0 Å². The summed E-state index contributed by atoms with van der Waals surface area (Å²) in [6.07, 6.45) is 0. The van der Waals surface area contributed by atoms with Crippen molar-refractivity contribution in [3.63, 3.8) is 0 Å². The van der Waals surface area contributed by atoms with E-state index in [1.165, 1.54) is 5.56 Å². The van der Waals surface area contributed by atoms with E-state index in [9.17, 15) is 8.42 Å². The zero-order chi connectivity index (χ0) is 27.5. The lowest BCUT2D eigenvalue weighted by atomic mass is 9.85. The summed E-state index contributed by atoms with van der Waals surface area (Å²) >= 11 is 0. The quantitative estimate of drug-likeness (QED) is 0.233. The van der Waals surface area contributed by atoms with Crippen LogP contribution in [0.3, 0.4) is 0 Å². The van der Waals surface area contributed by atoms with Crippen molar-refractivity contribution in [3.8, 4) is 0 Å². The molecule has 0 N–H and O–H groups in total. The molecule has 0 amide bonds. The summed E-state index contributed by atoms with van der Waals surface area (Å²) in [6.45, 7) is 10.8. The Bertz CT molecular complexity index is 1830. The van der Waals surface area contributed by atoms with Gasteiger partial charge in [0.05, 0.1) is 16.1 Å². The van der Waals surface area contributed by atoms with Crippen LogP contribution in [0.2, 0.25) is 0 Å². The molecule has 1 aliphatic rings. The number of para-hydroxylation sites is 1. The highest BCUT2D eigenvalue weighted by Crippen LogP contribution is 2.53. The molecule has 4 heteroatoms. The van der Waals surface area contributed by atoms with Crippen LogP contribution in [0.4, 0.5) is 0 Å². The fourth-order valence-electron chi connectivity index (χ4n) is 5.90. The summed E-state index contributed by atoms with van der Waals surface area (Å²) in [4.78, 5) is 0.299. The third-order valence-corrected chi connectivity index (χ3v) is 9.66. The van der Waals surface area contributed by atoms with Gasteiger partial charge in [-0.3, -0.25) is 0 Å². The van der Waals surface area contributed by atoms with Gasteiger partial charge < -0.3 is 0 Å². The second kappa shape index (κ2) is 9.10. The highest BCUT2D eigenvalue weighted by Gasteiger charge is 2.39. The lowest BCUT2D eigenvalue weighted by molar-refractivity contribution is 0.586. The highest BCUT2D eigenvalue weighted by molar-refractivity contribution is 7.90. The molecule has 0 unspecified atom stereocenters. The molecular formula is C35H33NO2S. The van der Waals surface area contributed by atoms with Crippen molar-refractivity contribution < 1.29 is 8.42 Å². The van der Waals surface area contributed by atoms with Crippen LogP contribution in [0.15, 0.2) is 108 Å². The van der Waals surface area contributed by atoms with Gasteiger partial charge in [-0.2, -0.15) is 0 Å². The van der Waals surface area contributed by atoms with Crippen molar-refractivity contribution in [1.82, 2.24) is 3.97 Å². The SMILES string of the molecule is Cc1ccc(S(=O)(=O)n2c3c(c4ccccc42)C(c2ccc(C(C)(C)C)cc2)=C(c2ccccc2)[C@H]3C)cc1. The van der Waals surface area contributed by atoms with Crippen LogP contribution >= 0.6 is 0 Å². The van der Waals surface area contributed by atoms with Crippen molar-refractivity contribution in [2.24, 2.45) is 0 Å². The van der Waals surface area contributed by atoms with Crippen molar-refractivity contribution in [2.75, 3.05) is 0 Å². The Morgan fingerprint density at radius 1 is 0.718 bits per heavy atom. The molecule has 0 saturated heterocycles. The minimum Gasteiger partial charge on any atom is -0.237 e. The van der Waals surface area contributed by atoms with E-state index in [1.807, 2.05) is 55.5 Å². The molecule has 0 fully saturated rings. The Morgan fingerprint density at radius 2 is 1.33 bits per heavy atom. The molecule has 1 aromatic heterocycles. The fourth-order valence-corrected chi connectivity index (χ4v) is 7.52. The molecule has 39 heavy (non-hydrogen) atoms. The van der Waals surface area contributed by atoms with Gasteiger partial charge in [0.1, 0.15) is 0 Å². The summed E-state index contributed by atoms with van der Waals surface area (Å²) in [5.74, 6) is -0.132. The van der Waals surface area contributed by atoms with E-state index < -0.39 is 10.0 Å². The molecule has 3 nitrogen and oxygen atoms in total. The maximum atomic E-state index is 14.3. The molecule has 196 valence electrons. The van der Waals surface area contributed by atoms with Gasteiger partial charge in [0.2, 0.25) is 0 Å². The first-order valence-corrected chi connectivity index (χ1v) is 14.9. The van der Waals surface area contributed by atoms with E-state index in [-0.39, 0.29) is 11.3 Å². The van der Waals surface area contributed by atoms with Crippen LogP contribution in [0.25, 0.3) is 22.0 Å². The third kappa shape index (κ3) is 4.06. The van der Waals surface area contributed by atoms with Gasteiger partial charge in [0.15, 0.2) is 0 Å². The number of fused-ring (bicyclic) bond motifs is 3. The molecule has 0 radical (unpaired) electrons. The van der Waals surface area contributed by atoms with Gasteiger partial charge in [-0.25, -0.2) is 12.4 Å². The fraction of sp³-hybridized carbons (Fsp3) is 0.200. The normalized spacial score (nSPS) is 15.7. The van der Waals surface area contributed by atoms with Crippen LogP contribution in [0.1, 0.15) is 67.1 Å². The highest BCUT2D eigenvalue weighted by atomic mass is 32.2. The molecule has 0 aliphatic heterocycles. The number of aryl methyl sites for hydroxylation is 1. The predicted molar refractivity (Wildman–Crippen MR) is 162 cm³/mol. The summed E-state index contributed by atoms with van der Waals surface area (Å²) in [5.41, 5.74) is 9.36. The van der Waals surface area contributed by atoms with E-state index in [1.54, 1.807) is 16.1 Å². The topological polar surface area (TPSA) is 39.1 Å². The Labute approximate surface area is 231 Å². The van der Waals surface area contributed by atoms with Crippen LogP contribution in [-0.2, 0) is 15.4 Å². The smallest absolute Gasteiger partial charge is 0.237 e. The number of benzene rings is 4. The Kier molecular flexibility index (Phi) is 5.92. The predicted octanol–water partition coefficient (Wildman–Crippen LogP) is 8.56. The Morgan fingerprint density at radius 3 is 1.97 bits per heavy atom. The lowest BCUT2D eigenvalue weighted by Crippen LogP contribution is -2.17. The van der Waals surface area contributed by atoms with E-state index in [0.717, 1.165) is 44.5 Å². The third-order valence-electron chi connectivity index (χ3n) is 7.91. The van der Waals surface area contributed by atoms with Gasteiger partial charge in [-0.05, 0) is 58.4 Å². The minimum atomic E-state index is -3.84. The standard InChI is InChI=1S/C35H33NO2S/c1-23-15-21-28(22-16-23)39(37,38)36-30-14-10-9-13-29(30)33-32(26-17-19-27(20-18-26)35(3,4)5)31(24(2)34(33)36)25-11-7-6-8-12-25/h6-22,24H,1-5H3/t24-/m1/s1. The number of rotatable bonds is 4. The molecule has 0 bridgehead atoms. The van der Waals surface area contributed by atoms with Crippen molar-refractivity contribution in [1.29, 1.82) is 0 Å². The zero-order valence-electron chi connectivity index (χ0n) is 23.1. The second-order valence-corrected chi connectivity index (χ2v) is 13.4. The summed E-state index contributed by atoms with van der Waals surface area (Å²) in [5, 5.41) is 0.955. The van der Waals surface area contributed by atoms with Gasteiger partial charge in [-0.15, -0.1) is 0 Å². The summed E-state index contributed by atoms with van der Waals surface area (Å²) in [6, 6.07) is 34.2. The molecule has 4 aromatic carbocycles. The molecule has 1 heterocycles. The van der Waals surface area contributed by atoms with Crippen LogP contribution < -0.4 is 0 Å².